The molecule has 19 heavy (non-hydrogen) atoms. The summed E-state index contributed by atoms with van der Waals surface area (Å²) in [7, 11) is 0. The largest absolute Gasteiger partial charge is 0.394 e. The molecule has 4 N–H and O–H groups in total. The molecule has 0 radical (unpaired) electrons. The Bertz CT molecular complexity index is 617. The predicted molar refractivity (Wildman–Crippen MR) is 76.3 cm³/mol. The maximum Gasteiger partial charge on any atom is 0.148 e. The van der Waals surface area contributed by atoms with Crippen molar-refractivity contribution in [1.29, 1.82) is 0 Å². The zero-order chi connectivity index (χ0) is 13.6. The monoisotopic (exact) mass is 376 g/mol. The van der Waals surface area contributed by atoms with Crippen LogP contribution in [0.1, 0.15) is 12.6 Å². The molecule has 2 aromatic heterocycles. The minimum atomic E-state index is -0.677. The lowest BCUT2D eigenvalue weighted by atomic mass is 10.2. The third-order valence-electron chi connectivity index (χ3n) is 3.29. The van der Waals surface area contributed by atoms with Crippen molar-refractivity contribution in [2.75, 3.05) is 12.3 Å². The third-order valence-corrected chi connectivity index (χ3v) is 4.10. The van der Waals surface area contributed by atoms with Crippen molar-refractivity contribution >= 4 is 39.4 Å². The van der Waals surface area contributed by atoms with Crippen LogP contribution in [0.4, 0.5) is 5.82 Å². The molecule has 102 valence electrons. The lowest BCUT2D eigenvalue weighted by Crippen LogP contribution is -2.24. The zero-order valence-electron chi connectivity index (χ0n) is 9.90. The van der Waals surface area contributed by atoms with Crippen LogP contribution in [0, 0.1) is 3.57 Å². The number of nitrogen functional groups attached to an aromatic ring is 1. The predicted octanol–water partition coefficient (Wildman–Crippen LogP) is 0.259. The summed E-state index contributed by atoms with van der Waals surface area (Å²) in [6.45, 7) is -0.203. The summed E-state index contributed by atoms with van der Waals surface area (Å²) in [5, 5.41) is 19.7. The van der Waals surface area contributed by atoms with E-state index in [0.717, 1.165) is 8.96 Å². The Labute approximate surface area is 122 Å². The van der Waals surface area contributed by atoms with Crippen molar-refractivity contribution in [2.24, 2.45) is 0 Å². The van der Waals surface area contributed by atoms with Crippen molar-refractivity contribution in [1.82, 2.24) is 14.5 Å². The van der Waals surface area contributed by atoms with Crippen LogP contribution in [0.3, 0.4) is 0 Å². The molecule has 0 saturated carbocycles. The topological polar surface area (TPSA) is 106 Å². The van der Waals surface area contributed by atoms with Crippen molar-refractivity contribution in [3.63, 3.8) is 0 Å². The highest BCUT2D eigenvalue weighted by Gasteiger charge is 2.35. The summed E-state index contributed by atoms with van der Waals surface area (Å²) < 4.78 is 8.38. The summed E-state index contributed by atoms with van der Waals surface area (Å²) in [4.78, 5) is 8.20. The van der Waals surface area contributed by atoms with Crippen LogP contribution in [0.5, 0.6) is 0 Å². The number of aliphatic hydroxyl groups is 2. The second kappa shape index (κ2) is 4.85. The van der Waals surface area contributed by atoms with E-state index in [1.54, 1.807) is 0 Å². The van der Waals surface area contributed by atoms with Gasteiger partial charge in [0.05, 0.1) is 18.1 Å². The number of halogens is 1. The normalized spacial score (nSPS) is 27.2. The first-order chi connectivity index (χ1) is 9.11. The first-order valence-corrected chi connectivity index (χ1v) is 6.90. The van der Waals surface area contributed by atoms with Gasteiger partial charge in [-0.1, -0.05) is 0 Å². The molecule has 0 aliphatic carbocycles. The summed E-state index contributed by atoms with van der Waals surface area (Å²) >= 11 is 2.16. The molecular weight excluding hydrogens is 363 g/mol. The average molecular weight is 376 g/mol. The second-order valence-electron chi connectivity index (χ2n) is 4.46. The molecule has 0 unspecified atom stereocenters. The molecule has 3 rings (SSSR count). The van der Waals surface area contributed by atoms with E-state index in [1.807, 2.05) is 10.8 Å². The molecule has 3 atom stereocenters. The molecule has 1 aliphatic rings. The number of hydrogen-bond acceptors (Lipinski definition) is 6. The lowest BCUT2D eigenvalue weighted by molar-refractivity contribution is -0.0430. The summed E-state index contributed by atoms with van der Waals surface area (Å²) in [5.41, 5.74) is 6.52. The van der Waals surface area contributed by atoms with E-state index < -0.39 is 12.2 Å². The first kappa shape index (κ1) is 13.0. The molecule has 3 heterocycles. The van der Waals surface area contributed by atoms with Crippen LogP contribution in [0.2, 0.25) is 0 Å². The first-order valence-electron chi connectivity index (χ1n) is 5.82. The van der Waals surface area contributed by atoms with E-state index in [4.69, 9.17) is 15.6 Å². The van der Waals surface area contributed by atoms with Crippen LogP contribution < -0.4 is 5.73 Å². The van der Waals surface area contributed by atoms with Crippen LogP contribution in [-0.2, 0) is 4.74 Å². The Hall–Kier alpha value is -0.970. The molecule has 1 fully saturated rings. The number of rotatable bonds is 2. The maximum atomic E-state index is 9.80. The highest BCUT2D eigenvalue weighted by atomic mass is 127. The lowest BCUT2D eigenvalue weighted by Gasteiger charge is -2.14. The maximum absolute atomic E-state index is 9.80. The van der Waals surface area contributed by atoms with Crippen LogP contribution in [-0.4, -0.2) is 43.6 Å². The number of aromatic nitrogens is 3. The Morgan fingerprint density at radius 2 is 2.32 bits per heavy atom. The van der Waals surface area contributed by atoms with Crippen molar-refractivity contribution < 1.29 is 14.9 Å². The second-order valence-corrected chi connectivity index (χ2v) is 5.62. The van der Waals surface area contributed by atoms with Crippen LogP contribution in [0.25, 0.3) is 11.0 Å². The Kier molecular flexibility index (Phi) is 3.33. The summed E-state index contributed by atoms with van der Waals surface area (Å²) in [6.07, 6.45) is 2.10. The fourth-order valence-corrected chi connectivity index (χ4v) is 3.15. The number of nitrogens with zero attached hydrogens (tertiary/aromatic N) is 3. The van der Waals surface area contributed by atoms with Gasteiger partial charge in [0.25, 0.3) is 0 Å². The fraction of sp³-hybridized carbons (Fsp3) is 0.455. The van der Waals surface area contributed by atoms with E-state index in [2.05, 4.69) is 32.6 Å². The highest BCUT2D eigenvalue weighted by Crippen LogP contribution is 2.34. The summed E-state index contributed by atoms with van der Waals surface area (Å²) in [6, 6.07) is 0. The number of aliphatic hydroxyl groups excluding tert-OH is 2. The van der Waals surface area contributed by atoms with E-state index in [0.29, 0.717) is 17.9 Å². The molecule has 1 saturated heterocycles. The minimum absolute atomic E-state index is 0.203. The van der Waals surface area contributed by atoms with E-state index >= 15 is 0 Å². The van der Waals surface area contributed by atoms with Gasteiger partial charge < -0.3 is 25.3 Å². The number of nitrogens with two attached hydrogens (primary N) is 1. The zero-order valence-corrected chi connectivity index (χ0v) is 12.1. The molecule has 8 heteroatoms. The van der Waals surface area contributed by atoms with Gasteiger partial charge in [0.2, 0.25) is 0 Å². The molecule has 7 nitrogen and oxygen atoms in total. The number of ether oxygens (including phenoxy) is 1. The van der Waals surface area contributed by atoms with Gasteiger partial charge in [0.1, 0.15) is 30.1 Å². The van der Waals surface area contributed by atoms with Gasteiger partial charge in [-0.15, -0.1) is 0 Å². The Morgan fingerprint density at radius 1 is 1.53 bits per heavy atom. The van der Waals surface area contributed by atoms with Crippen molar-refractivity contribution in [2.45, 2.75) is 24.9 Å². The standard InChI is InChI=1S/C11H13IN4O3/c12-5-2-16(8-1-6(18)7(3-17)19-8)11-9(5)10(13)14-4-15-11/h2,4,6-8,17-18H,1,3H2,(H2,13,14,15)/t6-,7+,8+/m1/s1. The number of anilines is 1. The quantitative estimate of drug-likeness (QED) is 0.650. The Balaban J connectivity index is 2.05. The molecule has 1 aliphatic heterocycles. The van der Waals surface area contributed by atoms with Gasteiger partial charge in [-0.3, -0.25) is 0 Å². The van der Waals surface area contributed by atoms with E-state index in [9.17, 15) is 5.11 Å². The Morgan fingerprint density at radius 3 is 3.00 bits per heavy atom. The summed E-state index contributed by atoms with van der Waals surface area (Å²) in [5.74, 6) is 0.422. The average Bonchev–Trinajstić information content (AvgIpc) is 2.91. The van der Waals surface area contributed by atoms with E-state index in [1.165, 1.54) is 6.33 Å². The fourth-order valence-electron chi connectivity index (χ4n) is 2.33. The van der Waals surface area contributed by atoms with Crippen molar-refractivity contribution in [3.8, 4) is 0 Å². The van der Waals surface area contributed by atoms with Gasteiger partial charge in [-0.2, -0.15) is 0 Å². The number of hydrogen-bond donors (Lipinski definition) is 3. The van der Waals surface area contributed by atoms with Crippen LogP contribution >= 0.6 is 22.6 Å². The smallest absolute Gasteiger partial charge is 0.148 e. The number of fused-ring (bicyclic) bond motifs is 1. The SMILES string of the molecule is Nc1ncnc2c1c(I)cn2[C@@H]1C[C@@H](O)[C@H](CO)O1. The van der Waals surface area contributed by atoms with Crippen LogP contribution in [0.15, 0.2) is 12.5 Å². The van der Waals surface area contributed by atoms with Crippen molar-refractivity contribution in [3.05, 3.63) is 16.1 Å². The molecule has 2 aromatic rings. The molecule has 0 spiro atoms. The van der Waals surface area contributed by atoms with Gasteiger partial charge in [-0.25, -0.2) is 9.97 Å². The molecular formula is C11H13IN4O3. The van der Waals surface area contributed by atoms with Gasteiger partial charge in [0.15, 0.2) is 0 Å². The third kappa shape index (κ3) is 2.08. The van der Waals surface area contributed by atoms with Gasteiger partial charge in [-0.05, 0) is 22.6 Å². The molecule has 0 aromatic carbocycles. The molecule has 0 amide bonds. The van der Waals surface area contributed by atoms with E-state index in [-0.39, 0.29) is 12.8 Å². The van der Waals surface area contributed by atoms with Gasteiger partial charge in [0, 0.05) is 16.2 Å². The highest BCUT2D eigenvalue weighted by molar-refractivity contribution is 14.1. The van der Waals surface area contributed by atoms with Gasteiger partial charge >= 0.3 is 0 Å². The minimum Gasteiger partial charge on any atom is -0.394 e. The molecule has 0 bridgehead atoms.